The van der Waals surface area contributed by atoms with E-state index < -0.39 is 0 Å². The van der Waals surface area contributed by atoms with Crippen molar-refractivity contribution in [3.05, 3.63) is 34.1 Å². The minimum Gasteiger partial charge on any atom is -0.358 e. The van der Waals surface area contributed by atoms with Crippen LogP contribution in [0.2, 0.25) is 0 Å². The van der Waals surface area contributed by atoms with Gasteiger partial charge in [0, 0.05) is 9.86 Å². The van der Waals surface area contributed by atoms with Gasteiger partial charge in [-0.2, -0.15) is 4.68 Å². The van der Waals surface area contributed by atoms with Crippen molar-refractivity contribution >= 4 is 32.7 Å². The lowest BCUT2D eigenvalue weighted by Crippen LogP contribution is -1.94. The molecule has 3 rings (SSSR count). The number of nitrogens with zero attached hydrogens (tertiary/aromatic N) is 3. The highest BCUT2D eigenvalue weighted by atomic mass is 79.9. The van der Waals surface area contributed by atoms with Gasteiger partial charge in [-0.15, -0.1) is 0 Å². The van der Waals surface area contributed by atoms with Gasteiger partial charge < -0.3 is 4.85 Å². The van der Waals surface area contributed by atoms with Crippen molar-refractivity contribution in [2.75, 3.05) is 0 Å². The van der Waals surface area contributed by atoms with E-state index in [-0.39, 0.29) is 0 Å². The maximum Gasteiger partial charge on any atom is 0.303 e. The fourth-order valence-electron chi connectivity index (χ4n) is 1.78. The molecular formula is C11H8BrN3. The zero-order valence-corrected chi connectivity index (χ0v) is 9.53. The molecule has 0 spiro atoms. The summed E-state index contributed by atoms with van der Waals surface area (Å²) in [5, 5.41) is 5.30. The zero-order chi connectivity index (χ0) is 10.4. The van der Waals surface area contributed by atoms with E-state index in [1.807, 2.05) is 22.9 Å². The smallest absolute Gasteiger partial charge is 0.303 e. The summed E-state index contributed by atoms with van der Waals surface area (Å²) in [4.78, 5) is 3.47. The molecule has 1 fully saturated rings. The van der Waals surface area contributed by atoms with Crippen LogP contribution in [0.3, 0.4) is 0 Å². The SMILES string of the molecule is [C-]#[N+]c1nn(C2CC2)c2ccc(Br)cc12. The normalized spacial score (nSPS) is 15.5. The van der Waals surface area contributed by atoms with Crippen molar-refractivity contribution in [3.8, 4) is 0 Å². The number of rotatable bonds is 1. The molecule has 1 heterocycles. The maximum absolute atomic E-state index is 7.10. The van der Waals surface area contributed by atoms with Crippen LogP contribution in [-0.2, 0) is 0 Å². The molecule has 3 nitrogen and oxygen atoms in total. The van der Waals surface area contributed by atoms with Gasteiger partial charge in [-0.1, -0.05) is 22.5 Å². The predicted octanol–water partition coefficient (Wildman–Crippen LogP) is 3.68. The van der Waals surface area contributed by atoms with Crippen molar-refractivity contribution in [3.63, 3.8) is 0 Å². The summed E-state index contributed by atoms with van der Waals surface area (Å²) in [6.45, 7) is 7.10. The molecule has 0 bridgehead atoms. The van der Waals surface area contributed by atoms with Crippen LogP contribution in [0.1, 0.15) is 18.9 Å². The van der Waals surface area contributed by atoms with Crippen LogP contribution in [0, 0.1) is 6.57 Å². The van der Waals surface area contributed by atoms with Crippen molar-refractivity contribution in [2.45, 2.75) is 18.9 Å². The summed E-state index contributed by atoms with van der Waals surface area (Å²) in [5.74, 6) is 0.512. The van der Waals surface area contributed by atoms with Crippen LogP contribution in [0.25, 0.3) is 15.7 Å². The first-order valence-electron chi connectivity index (χ1n) is 4.85. The van der Waals surface area contributed by atoms with E-state index in [1.165, 1.54) is 12.8 Å². The number of hydrogen-bond donors (Lipinski definition) is 0. The van der Waals surface area contributed by atoms with Crippen molar-refractivity contribution in [1.29, 1.82) is 0 Å². The molecule has 1 aliphatic carbocycles. The van der Waals surface area contributed by atoms with Crippen molar-refractivity contribution < 1.29 is 0 Å². The lowest BCUT2D eigenvalue weighted by atomic mass is 10.2. The quantitative estimate of drug-likeness (QED) is 0.718. The summed E-state index contributed by atoms with van der Waals surface area (Å²) in [5.41, 5.74) is 1.08. The van der Waals surface area contributed by atoms with E-state index in [0.29, 0.717) is 11.9 Å². The molecule has 0 radical (unpaired) electrons. The Balaban J connectivity index is 2.34. The lowest BCUT2D eigenvalue weighted by molar-refractivity contribution is 0.669. The first-order chi connectivity index (χ1) is 7.29. The lowest BCUT2D eigenvalue weighted by Gasteiger charge is -1.96. The number of aromatic nitrogens is 2. The van der Waals surface area contributed by atoms with E-state index in [1.54, 1.807) is 0 Å². The topological polar surface area (TPSA) is 22.2 Å². The molecule has 0 saturated heterocycles. The molecule has 1 saturated carbocycles. The molecular weight excluding hydrogens is 254 g/mol. The molecule has 0 amide bonds. The Hall–Kier alpha value is -1.34. The molecule has 0 aliphatic heterocycles. The Labute approximate surface area is 95.6 Å². The van der Waals surface area contributed by atoms with Crippen LogP contribution in [0.5, 0.6) is 0 Å². The number of fused-ring (bicyclic) bond motifs is 1. The Kier molecular flexibility index (Phi) is 1.83. The van der Waals surface area contributed by atoms with Gasteiger partial charge in [-0.25, -0.2) is 0 Å². The van der Waals surface area contributed by atoms with Gasteiger partial charge in [0.15, 0.2) is 0 Å². The van der Waals surface area contributed by atoms with Crippen LogP contribution < -0.4 is 0 Å². The minimum atomic E-state index is 0.512. The second-order valence-electron chi connectivity index (χ2n) is 3.77. The van der Waals surface area contributed by atoms with Crippen molar-refractivity contribution in [1.82, 2.24) is 9.78 Å². The number of halogens is 1. The Morgan fingerprint density at radius 1 is 1.47 bits per heavy atom. The predicted molar refractivity (Wildman–Crippen MR) is 62.0 cm³/mol. The Morgan fingerprint density at radius 2 is 2.27 bits per heavy atom. The van der Waals surface area contributed by atoms with Crippen LogP contribution in [0.4, 0.5) is 5.82 Å². The third-order valence-corrected chi connectivity index (χ3v) is 3.14. The summed E-state index contributed by atoms with van der Waals surface area (Å²) >= 11 is 3.42. The highest BCUT2D eigenvalue weighted by Gasteiger charge is 2.29. The van der Waals surface area contributed by atoms with Gasteiger partial charge in [0.2, 0.25) is 0 Å². The zero-order valence-electron chi connectivity index (χ0n) is 7.94. The van der Waals surface area contributed by atoms with E-state index in [2.05, 4.69) is 25.9 Å². The molecule has 15 heavy (non-hydrogen) atoms. The third-order valence-electron chi connectivity index (χ3n) is 2.65. The van der Waals surface area contributed by atoms with Gasteiger partial charge in [0.25, 0.3) is 0 Å². The van der Waals surface area contributed by atoms with Crippen LogP contribution in [-0.4, -0.2) is 9.78 Å². The molecule has 0 unspecified atom stereocenters. The summed E-state index contributed by atoms with van der Waals surface area (Å²) < 4.78 is 2.99. The standard InChI is InChI=1S/C11H8BrN3/c1-13-11-9-6-7(12)2-5-10(9)15(14-11)8-3-4-8/h2,5-6,8H,3-4H2. The number of benzene rings is 1. The van der Waals surface area contributed by atoms with Gasteiger partial charge in [0.1, 0.15) is 0 Å². The fraction of sp³-hybridized carbons (Fsp3) is 0.273. The molecule has 1 aromatic heterocycles. The van der Waals surface area contributed by atoms with E-state index in [9.17, 15) is 0 Å². The van der Waals surface area contributed by atoms with Crippen molar-refractivity contribution in [2.24, 2.45) is 0 Å². The molecule has 2 aromatic rings. The fourth-order valence-corrected chi connectivity index (χ4v) is 2.14. The molecule has 0 atom stereocenters. The number of hydrogen-bond acceptors (Lipinski definition) is 1. The van der Waals surface area contributed by atoms with Crippen LogP contribution in [0.15, 0.2) is 22.7 Å². The summed E-state index contributed by atoms with van der Waals surface area (Å²) in [7, 11) is 0. The average Bonchev–Trinajstić information content (AvgIpc) is 3.01. The largest absolute Gasteiger partial charge is 0.358 e. The maximum atomic E-state index is 7.10. The Bertz CT molecular complexity index is 575. The van der Waals surface area contributed by atoms with Gasteiger partial charge in [0.05, 0.1) is 11.6 Å². The first-order valence-corrected chi connectivity index (χ1v) is 5.64. The summed E-state index contributed by atoms with van der Waals surface area (Å²) in [6, 6.07) is 6.51. The van der Waals surface area contributed by atoms with E-state index >= 15 is 0 Å². The molecule has 1 aliphatic rings. The highest BCUT2D eigenvalue weighted by Crippen LogP contribution is 2.39. The second-order valence-corrected chi connectivity index (χ2v) is 4.69. The van der Waals surface area contributed by atoms with Crippen LogP contribution >= 0.6 is 15.9 Å². The van der Waals surface area contributed by atoms with E-state index in [0.717, 1.165) is 15.4 Å². The van der Waals surface area contributed by atoms with E-state index in [4.69, 9.17) is 6.57 Å². The Morgan fingerprint density at radius 3 is 2.93 bits per heavy atom. The summed E-state index contributed by atoms with van der Waals surface area (Å²) in [6.07, 6.45) is 2.37. The molecule has 1 aromatic carbocycles. The minimum absolute atomic E-state index is 0.512. The van der Waals surface area contributed by atoms with Gasteiger partial charge >= 0.3 is 5.82 Å². The second kappa shape index (κ2) is 3.07. The van der Waals surface area contributed by atoms with Gasteiger partial charge in [-0.3, -0.25) is 0 Å². The first kappa shape index (κ1) is 8.93. The molecule has 4 heteroatoms. The average molecular weight is 262 g/mol. The molecule has 0 N–H and O–H groups in total. The van der Waals surface area contributed by atoms with Gasteiger partial charge in [-0.05, 0) is 36.1 Å². The molecule has 74 valence electrons. The third kappa shape index (κ3) is 1.35. The highest BCUT2D eigenvalue weighted by molar-refractivity contribution is 9.10. The monoisotopic (exact) mass is 261 g/mol.